The van der Waals surface area contributed by atoms with Gasteiger partial charge in [-0.15, -0.1) is 0 Å². The molecule has 2 saturated heterocycles. The van der Waals surface area contributed by atoms with Crippen LogP contribution >= 0.6 is 0 Å². The zero-order valence-electron chi connectivity index (χ0n) is 18.0. The summed E-state index contributed by atoms with van der Waals surface area (Å²) in [4.78, 5) is 28.5. The molecule has 164 valence electrons. The number of carbonyl (C=O) groups excluding carboxylic acids is 1. The maximum atomic E-state index is 14.3. The predicted molar refractivity (Wildman–Crippen MR) is 117 cm³/mol. The number of carbonyl (C=O) groups is 1. The molecule has 1 N–H and O–H groups in total. The number of rotatable bonds is 5. The molecule has 2 aromatic rings. The Morgan fingerprint density at radius 1 is 1.16 bits per heavy atom. The van der Waals surface area contributed by atoms with Gasteiger partial charge in [-0.1, -0.05) is 37.6 Å². The fourth-order valence-electron chi connectivity index (χ4n) is 5.99. The molecule has 0 spiro atoms. The Hall–Kier alpha value is -2.47. The van der Waals surface area contributed by atoms with Gasteiger partial charge in [0.25, 0.3) is 5.56 Å². The first-order valence-corrected chi connectivity index (χ1v) is 11.5. The topological polar surface area (TPSA) is 54.3 Å². The van der Waals surface area contributed by atoms with E-state index in [0.29, 0.717) is 38.2 Å². The van der Waals surface area contributed by atoms with E-state index < -0.39 is 5.41 Å². The van der Waals surface area contributed by atoms with Crippen molar-refractivity contribution in [3.63, 3.8) is 0 Å². The van der Waals surface area contributed by atoms with Crippen LogP contribution in [0, 0.1) is 17.2 Å². The summed E-state index contributed by atoms with van der Waals surface area (Å²) >= 11 is 0. The lowest BCUT2D eigenvalue weighted by Crippen LogP contribution is -2.65. The molecule has 3 aliphatic heterocycles. The van der Waals surface area contributed by atoms with Crippen LogP contribution in [0.1, 0.15) is 49.4 Å². The molecule has 1 amide bonds. The number of fused-ring (bicyclic) bond motifs is 4. The highest BCUT2D eigenvalue weighted by Gasteiger charge is 2.50. The lowest BCUT2D eigenvalue weighted by Gasteiger charge is -2.51. The monoisotopic (exact) mass is 423 g/mol. The van der Waals surface area contributed by atoms with Crippen molar-refractivity contribution in [3.05, 3.63) is 69.9 Å². The number of aromatic nitrogens is 1. The van der Waals surface area contributed by atoms with Crippen LogP contribution in [0.2, 0.25) is 0 Å². The summed E-state index contributed by atoms with van der Waals surface area (Å²) in [6.45, 7) is 4.63. The van der Waals surface area contributed by atoms with Crippen LogP contribution in [0.3, 0.4) is 0 Å². The smallest absolute Gasteiger partial charge is 0.250 e. The van der Waals surface area contributed by atoms with Crippen LogP contribution in [-0.4, -0.2) is 41.6 Å². The van der Waals surface area contributed by atoms with Gasteiger partial charge in [0.1, 0.15) is 5.82 Å². The highest BCUT2D eigenvalue weighted by atomic mass is 19.1. The van der Waals surface area contributed by atoms with Crippen LogP contribution in [0.4, 0.5) is 4.39 Å². The van der Waals surface area contributed by atoms with Crippen LogP contribution < -0.4 is 10.9 Å². The van der Waals surface area contributed by atoms with Crippen molar-refractivity contribution in [2.24, 2.45) is 11.3 Å². The number of pyridine rings is 1. The third-order valence-electron chi connectivity index (χ3n) is 7.54. The average molecular weight is 424 g/mol. The molecule has 3 aliphatic rings. The second-order valence-corrected chi connectivity index (χ2v) is 9.57. The first-order chi connectivity index (χ1) is 15.0. The van der Waals surface area contributed by atoms with Gasteiger partial charge in [-0.05, 0) is 42.9 Å². The Balaban J connectivity index is 1.44. The van der Waals surface area contributed by atoms with Gasteiger partial charge >= 0.3 is 0 Å². The standard InChI is InChI=1S/C25H30FN3O2/c1-2-6-21-18-11-19(22-9-5-10-23(30)29(21)22)14-28(13-18)24(31)25(15-27-16-25)12-17-7-3-4-8-20(17)26/h3-5,7-10,18-19,21,27H,2,6,11-16H2,1H3/t18-,19+,21-/m0/s1. The first kappa shape index (κ1) is 20.4. The number of nitrogens with one attached hydrogen (secondary N) is 1. The molecule has 0 aliphatic carbocycles. The number of piperidine rings is 1. The second kappa shape index (κ2) is 7.90. The Morgan fingerprint density at radius 3 is 2.68 bits per heavy atom. The summed E-state index contributed by atoms with van der Waals surface area (Å²) in [6, 6.07) is 12.5. The number of halogens is 1. The molecule has 5 rings (SSSR count). The zero-order valence-corrected chi connectivity index (χ0v) is 18.0. The minimum atomic E-state index is -0.579. The van der Waals surface area contributed by atoms with Gasteiger partial charge in [-0.3, -0.25) is 9.59 Å². The van der Waals surface area contributed by atoms with E-state index in [1.807, 2.05) is 21.6 Å². The third-order valence-corrected chi connectivity index (χ3v) is 7.54. The van der Waals surface area contributed by atoms with E-state index in [2.05, 4.69) is 18.3 Å². The van der Waals surface area contributed by atoms with E-state index in [9.17, 15) is 14.0 Å². The van der Waals surface area contributed by atoms with Crippen molar-refractivity contribution in [3.8, 4) is 0 Å². The molecule has 2 fully saturated rings. The van der Waals surface area contributed by atoms with E-state index in [0.717, 1.165) is 25.0 Å². The molecule has 3 atom stereocenters. The SMILES string of the molecule is CCC[C@H]1[C@H]2C[C@H](CN(C(=O)C3(Cc4ccccc4F)CNC3)C2)c2cccc(=O)n21. The average Bonchev–Trinajstić information content (AvgIpc) is 2.74. The van der Waals surface area contributed by atoms with E-state index in [1.54, 1.807) is 18.2 Å². The molecule has 1 aromatic carbocycles. The third kappa shape index (κ3) is 3.41. The molecule has 5 nitrogen and oxygen atoms in total. The maximum absolute atomic E-state index is 14.3. The van der Waals surface area contributed by atoms with Crippen LogP contribution in [0.15, 0.2) is 47.3 Å². The van der Waals surface area contributed by atoms with Gasteiger partial charge in [-0.25, -0.2) is 4.39 Å². The van der Waals surface area contributed by atoms with Gasteiger partial charge in [0.2, 0.25) is 5.91 Å². The van der Waals surface area contributed by atoms with Crippen molar-refractivity contribution >= 4 is 5.91 Å². The van der Waals surface area contributed by atoms with Gasteiger partial charge in [0.05, 0.1) is 5.41 Å². The van der Waals surface area contributed by atoms with Crippen LogP contribution in [0.5, 0.6) is 0 Å². The number of benzene rings is 1. The zero-order chi connectivity index (χ0) is 21.6. The predicted octanol–water partition coefficient (Wildman–Crippen LogP) is 3.11. The Labute approximate surface area is 182 Å². The summed E-state index contributed by atoms with van der Waals surface area (Å²) in [6.07, 6.45) is 3.39. The molecule has 4 heterocycles. The molecular weight excluding hydrogens is 393 g/mol. The fraction of sp³-hybridized carbons (Fsp3) is 0.520. The van der Waals surface area contributed by atoms with E-state index in [-0.39, 0.29) is 35.2 Å². The van der Waals surface area contributed by atoms with Gasteiger partial charge in [-0.2, -0.15) is 0 Å². The van der Waals surface area contributed by atoms with Crippen molar-refractivity contribution in [2.75, 3.05) is 26.2 Å². The van der Waals surface area contributed by atoms with Crippen molar-refractivity contribution in [1.29, 1.82) is 0 Å². The summed E-state index contributed by atoms with van der Waals surface area (Å²) in [5.74, 6) is 0.358. The minimum absolute atomic E-state index is 0.0737. The first-order valence-electron chi connectivity index (χ1n) is 11.5. The summed E-state index contributed by atoms with van der Waals surface area (Å²) < 4.78 is 16.3. The van der Waals surface area contributed by atoms with Crippen molar-refractivity contribution in [1.82, 2.24) is 14.8 Å². The number of hydrogen-bond acceptors (Lipinski definition) is 3. The lowest BCUT2D eigenvalue weighted by atomic mass is 9.72. The lowest BCUT2D eigenvalue weighted by molar-refractivity contribution is -0.148. The van der Waals surface area contributed by atoms with E-state index in [1.165, 1.54) is 6.07 Å². The molecule has 0 radical (unpaired) electrons. The molecule has 2 bridgehead atoms. The highest BCUT2D eigenvalue weighted by Crippen LogP contribution is 2.44. The Kier molecular flexibility index (Phi) is 5.21. The second-order valence-electron chi connectivity index (χ2n) is 9.57. The minimum Gasteiger partial charge on any atom is -0.341 e. The van der Waals surface area contributed by atoms with Crippen LogP contribution in [0.25, 0.3) is 0 Å². The van der Waals surface area contributed by atoms with Gasteiger partial charge < -0.3 is 14.8 Å². The maximum Gasteiger partial charge on any atom is 0.250 e. The number of hydrogen-bond donors (Lipinski definition) is 1. The number of amides is 1. The molecule has 1 aromatic heterocycles. The largest absolute Gasteiger partial charge is 0.341 e. The van der Waals surface area contributed by atoms with Crippen LogP contribution in [-0.2, 0) is 11.2 Å². The highest BCUT2D eigenvalue weighted by molar-refractivity contribution is 5.85. The number of likely N-dealkylation sites (tertiary alicyclic amines) is 1. The van der Waals surface area contributed by atoms with Crippen molar-refractivity contribution < 1.29 is 9.18 Å². The summed E-state index contributed by atoms with van der Waals surface area (Å²) in [7, 11) is 0. The summed E-state index contributed by atoms with van der Waals surface area (Å²) in [5.41, 5.74) is 1.17. The molecule has 31 heavy (non-hydrogen) atoms. The summed E-state index contributed by atoms with van der Waals surface area (Å²) in [5, 5.41) is 3.25. The van der Waals surface area contributed by atoms with E-state index in [4.69, 9.17) is 0 Å². The molecule has 0 unspecified atom stereocenters. The van der Waals surface area contributed by atoms with E-state index >= 15 is 0 Å². The quantitative estimate of drug-likeness (QED) is 0.804. The van der Waals surface area contributed by atoms with Gasteiger partial charge in [0.15, 0.2) is 0 Å². The molecule has 6 heteroatoms. The van der Waals surface area contributed by atoms with Crippen molar-refractivity contribution in [2.45, 2.75) is 44.6 Å². The fourth-order valence-corrected chi connectivity index (χ4v) is 5.99. The molecule has 0 saturated carbocycles. The molecular formula is C25H30FN3O2. The Morgan fingerprint density at radius 2 is 1.97 bits per heavy atom. The number of nitrogens with zero attached hydrogens (tertiary/aromatic N) is 2. The van der Waals surface area contributed by atoms with Gasteiger partial charge in [0, 0.05) is 49.9 Å². The Bertz CT molecular complexity index is 1050. The normalized spacial score (nSPS) is 26.1.